The Labute approximate surface area is 98.3 Å². The Bertz CT molecular complexity index is 352. The van der Waals surface area contributed by atoms with E-state index in [9.17, 15) is 0 Å². The minimum atomic E-state index is 0.544. The first-order valence-electron chi connectivity index (χ1n) is 6.44. The van der Waals surface area contributed by atoms with Crippen LogP contribution in [0.25, 0.3) is 0 Å². The Morgan fingerprint density at radius 2 is 1.94 bits per heavy atom. The lowest BCUT2D eigenvalue weighted by atomic mass is 9.80. The van der Waals surface area contributed by atoms with Gasteiger partial charge in [0.1, 0.15) is 5.82 Å². The van der Waals surface area contributed by atoms with Crippen LogP contribution in [0.3, 0.4) is 0 Å². The van der Waals surface area contributed by atoms with E-state index in [1.54, 1.807) is 0 Å². The molecule has 16 heavy (non-hydrogen) atoms. The van der Waals surface area contributed by atoms with Crippen LogP contribution in [-0.4, -0.2) is 4.98 Å². The highest BCUT2D eigenvalue weighted by molar-refractivity contribution is 5.48. The molecule has 0 spiro atoms. The summed E-state index contributed by atoms with van der Waals surface area (Å²) in [6.45, 7) is 4.47. The van der Waals surface area contributed by atoms with Gasteiger partial charge in [0.25, 0.3) is 0 Å². The third-order valence-corrected chi connectivity index (χ3v) is 3.69. The van der Waals surface area contributed by atoms with Crippen molar-refractivity contribution in [3.63, 3.8) is 0 Å². The minimum absolute atomic E-state index is 0.544. The summed E-state index contributed by atoms with van der Waals surface area (Å²) >= 11 is 0. The number of nitrogens with two attached hydrogens (primary N) is 1. The average Bonchev–Trinajstić information content (AvgIpc) is 2.29. The number of hydrogen-bond acceptors (Lipinski definition) is 2. The Hall–Kier alpha value is -1.05. The highest BCUT2D eigenvalue weighted by Crippen LogP contribution is 2.38. The molecule has 88 valence electrons. The third-order valence-electron chi connectivity index (χ3n) is 3.69. The molecule has 0 atom stereocenters. The molecule has 0 saturated heterocycles. The maximum atomic E-state index is 6.08. The van der Waals surface area contributed by atoms with E-state index in [4.69, 9.17) is 5.73 Å². The van der Waals surface area contributed by atoms with E-state index in [1.807, 2.05) is 6.20 Å². The first-order chi connectivity index (χ1) is 7.70. The van der Waals surface area contributed by atoms with Crippen LogP contribution in [0.4, 0.5) is 5.82 Å². The van der Waals surface area contributed by atoms with Crippen LogP contribution in [-0.2, 0) is 0 Å². The summed E-state index contributed by atoms with van der Waals surface area (Å²) in [5.74, 6) is 1.96. The lowest BCUT2D eigenvalue weighted by Gasteiger charge is -2.26. The Kier molecular flexibility index (Phi) is 3.47. The number of nitrogens with zero attached hydrogens (tertiary/aromatic N) is 1. The molecule has 1 heterocycles. The van der Waals surface area contributed by atoms with Gasteiger partial charge in [-0.3, -0.25) is 0 Å². The summed E-state index contributed by atoms with van der Waals surface area (Å²) in [5, 5.41) is 0. The summed E-state index contributed by atoms with van der Waals surface area (Å²) in [6, 6.07) is 2.14. The quantitative estimate of drug-likeness (QED) is 0.819. The van der Waals surface area contributed by atoms with E-state index >= 15 is 0 Å². The molecule has 2 nitrogen and oxygen atoms in total. The van der Waals surface area contributed by atoms with Gasteiger partial charge in [-0.05, 0) is 36.3 Å². The predicted molar refractivity (Wildman–Crippen MR) is 68.6 cm³/mol. The SMILES string of the molecule is CC(C)c1ccnc(N)c1C1CCCCC1. The number of rotatable bonds is 2. The Morgan fingerprint density at radius 1 is 1.25 bits per heavy atom. The molecule has 1 saturated carbocycles. The molecule has 1 fully saturated rings. The van der Waals surface area contributed by atoms with Gasteiger partial charge < -0.3 is 5.73 Å². The third kappa shape index (κ3) is 2.21. The van der Waals surface area contributed by atoms with Gasteiger partial charge in [-0.1, -0.05) is 33.1 Å². The zero-order chi connectivity index (χ0) is 11.5. The van der Waals surface area contributed by atoms with Crippen molar-refractivity contribution >= 4 is 5.82 Å². The fourth-order valence-electron chi connectivity index (χ4n) is 2.84. The number of nitrogen functional groups attached to an aromatic ring is 1. The van der Waals surface area contributed by atoms with Gasteiger partial charge in [0.2, 0.25) is 0 Å². The number of aromatic nitrogens is 1. The first kappa shape index (κ1) is 11.4. The van der Waals surface area contributed by atoms with E-state index in [0.717, 1.165) is 5.82 Å². The first-order valence-corrected chi connectivity index (χ1v) is 6.44. The minimum Gasteiger partial charge on any atom is -0.383 e. The molecular weight excluding hydrogens is 196 g/mol. The summed E-state index contributed by atoms with van der Waals surface area (Å²) in [6.07, 6.45) is 8.49. The van der Waals surface area contributed by atoms with E-state index < -0.39 is 0 Å². The molecule has 0 aromatic carbocycles. The Balaban J connectivity index is 2.36. The van der Waals surface area contributed by atoms with Crippen LogP contribution in [0.5, 0.6) is 0 Å². The number of hydrogen-bond donors (Lipinski definition) is 1. The molecule has 2 N–H and O–H groups in total. The number of pyridine rings is 1. The second-order valence-corrected chi connectivity index (χ2v) is 5.19. The van der Waals surface area contributed by atoms with Gasteiger partial charge in [0, 0.05) is 11.8 Å². The standard InChI is InChI=1S/C14H22N2/c1-10(2)12-8-9-16-14(15)13(12)11-6-4-3-5-7-11/h8-11H,3-7H2,1-2H3,(H2,15,16). The maximum absolute atomic E-state index is 6.08. The molecule has 0 aliphatic heterocycles. The lowest BCUT2D eigenvalue weighted by molar-refractivity contribution is 0.441. The van der Waals surface area contributed by atoms with Crippen molar-refractivity contribution in [3.8, 4) is 0 Å². The van der Waals surface area contributed by atoms with Gasteiger partial charge in [0.15, 0.2) is 0 Å². The normalized spacial score (nSPS) is 17.9. The van der Waals surface area contributed by atoms with Gasteiger partial charge in [-0.15, -0.1) is 0 Å². The second-order valence-electron chi connectivity index (χ2n) is 5.19. The number of anilines is 1. The average molecular weight is 218 g/mol. The van der Waals surface area contributed by atoms with Crippen LogP contribution in [0, 0.1) is 0 Å². The van der Waals surface area contributed by atoms with Crippen molar-refractivity contribution in [2.45, 2.75) is 57.8 Å². The fourth-order valence-corrected chi connectivity index (χ4v) is 2.84. The van der Waals surface area contributed by atoms with E-state index in [1.165, 1.54) is 43.2 Å². The summed E-state index contributed by atoms with van der Waals surface area (Å²) in [5.41, 5.74) is 8.83. The van der Waals surface area contributed by atoms with Crippen molar-refractivity contribution in [1.29, 1.82) is 0 Å². The largest absolute Gasteiger partial charge is 0.383 e. The second kappa shape index (κ2) is 4.86. The van der Waals surface area contributed by atoms with Gasteiger partial charge in [-0.25, -0.2) is 4.98 Å². The van der Waals surface area contributed by atoms with Crippen LogP contribution < -0.4 is 5.73 Å². The summed E-state index contributed by atoms with van der Waals surface area (Å²) < 4.78 is 0. The fraction of sp³-hybridized carbons (Fsp3) is 0.643. The lowest BCUT2D eigenvalue weighted by Crippen LogP contribution is -2.12. The van der Waals surface area contributed by atoms with Crippen molar-refractivity contribution in [2.75, 3.05) is 5.73 Å². The van der Waals surface area contributed by atoms with Crippen LogP contribution >= 0.6 is 0 Å². The predicted octanol–water partition coefficient (Wildman–Crippen LogP) is 3.83. The van der Waals surface area contributed by atoms with Crippen molar-refractivity contribution < 1.29 is 0 Å². The molecule has 2 rings (SSSR count). The van der Waals surface area contributed by atoms with E-state index in [2.05, 4.69) is 24.9 Å². The van der Waals surface area contributed by atoms with Gasteiger partial charge in [0.05, 0.1) is 0 Å². The zero-order valence-corrected chi connectivity index (χ0v) is 10.4. The highest BCUT2D eigenvalue weighted by atomic mass is 14.8. The van der Waals surface area contributed by atoms with E-state index in [0.29, 0.717) is 11.8 Å². The summed E-state index contributed by atoms with van der Waals surface area (Å²) in [7, 11) is 0. The molecule has 1 aliphatic carbocycles. The molecule has 0 unspecified atom stereocenters. The molecular formula is C14H22N2. The van der Waals surface area contributed by atoms with Gasteiger partial charge >= 0.3 is 0 Å². The van der Waals surface area contributed by atoms with Crippen LogP contribution in [0.2, 0.25) is 0 Å². The van der Waals surface area contributed by atoms with Crippen LogP contribution in [0.1, 0.15) is 68.9 Å². The highest BCUT2D eigenvalue weighted by Gasteiger charge is 2.22. The van der Waals surface area contributed by atoms with E-state index in [-0.39, 0.29) is 0 Å². The zero-order valence-electron chi connectivity index (χ0n) is 10.4. The molecule has 2 heteroatoms. The molecule has 1 aliphatic rings. The maximum Gasteiger partial charge on any atom is 0.127 e. The smallest absolute Gasteiger partial charge is 0.127 e. The molecule has 0 bridgehead atoms. The monoisotopic (exact) mass is 218 g/mol. The summed E-state index contributed by atoms with van der Waals surface area (Å²) in [4.78, 5) is 4.28. The van der Waals surface area contributed by atoms with Gasteiger partial charge in [-0.2, -0.15) is 0 Å². The van der Waals surface area contributed by atoms with Crippen molar-refractivity contribution in [3.05, 3.63) is 23.4 Å². The molecule has 0 amide bonds. The molecule has 1 aromatic heterocycles. The van der Waals surface area contributed by atoms with Crippen molar-refractivity contribution in [2.24, 2.45) is 0 Å². The van der Waals surface area contributed by atoms with Crippen molar-refractivity contribution in [1.82, 2.24) is 4.98 Å². The molecule has 1 aromatic rings. The molecule has 0 radical (unpaired) electrons. The Morgan fingerprint density at radius 3 is 2.56 bits per heavy atom. The van der Waals surface area contributed by atoms with Crippen LogP contribution in [0.15, 0.2) is 12.3 Å². The topological polar surface area (TPSA) is 38.9 Å².